The van der Waals surface area contributed by atoms with Crippen LogP contribution in [-0.2, 0) is 9.84 Å². The van der Waals surface area contributed by atoms with Crippen molar-refractivity contribution in [3.8, 4) is 0 Å². The zero-order valence-corrected chi connectivity index (χ0v) is 12.9. The molecule has 0 heterocycles. The second kappa shape index (κ2) is 6.48. The first-order valence-corrected chi connectivity index (χ1v) is 8.40. The number of hydrogen-bond acceptors (Lipinski definition) is 3. The lowest BCUT2D eigenvalue weighted by Gasteiger charge is -2.11. The van der Waals surface area contributed by atoms with Gasteiger partial charge in [-0.3, -0.25) is 4.79 Å². The van der Waals surface area contributed by atoms with Gasteiger partial charge in [0.25, 0.3) is 0 Å². The molecule has 1 aromatic carbocycles. The fourth-order valence-electron chi connectivity index (χ4n) is 1.53. The van der Waals surface area contributed by atoms with E-state index in [4.69, 9.17) is 0 Å². The minimum Gasteiger partial charge on any atom is -0.293 e. The first kappa shape index (κ1) is 15.4. The Morgan fingerprint density at radius 3 is 2.33 bits per heavy atom. The van der Waals surface area contributed by atoms with Crippen molar-refractivity contribution in [1.82, 2.24) is 0 Å². The first-order valence-electron chi connectivity index (χ1n) is 5.90. The molecule has 0 bridgehead atoms. The van der Waals surface area contributed by atoms with E-state index in [0.29, 0.717) is 12.0 Å². The number of Topliss-reactive ketones (excluding diaryl/α,β-unsaturated/α-hetero) is 1. The van der Waals surface area contributed by atoms with Gasteiger partial charge >= 0.3 is 0 Å². The predicted octanol–water partition coefficient (Wildman–Crippen LogP) is 3.24. The zero-order valence-electron chi connectivity index (χ0n) is 10.5. The summed E-state index contributed by atoms with van der Waals surface area (Å²) in [4.78, 5) is 12.1. The molecule has 0 N–H and O–H groups in total. The Bertz CT molecular complexity index is 506. The molecule has 0 aromatic heterocycles. The van der Waals surface area contributed by atoms with Crippen LogP contribution >= 0.6 is 15.9 Å². The molecule has 0 radical (unpaired) electrons. The van der Waals surface area contributed by atoms with Crippen LogP contribution in [0.15, 0.2) is 28.7 Å². The van der Waals surface area contributed by atoms with E-state index in [0.717, 1.165) is 10.9 Å². The molecule has 0 aliphatic heterocycles. The van der Waals surface area contributed by atoms with Crippen LogP contribution in [0.4, 0.5) is 0 Å². The van der Waals surface area contributed by atoms with Gasteiger partial charge < -0.3 is 0 Å². The summed E-state index contributed by atoms with van der Waals surface area (Å²) in [7, 11) is -3.34. The number of unbranched alkanes of at least 4 members (excludes halogenated alkanes) is 1. The Morgan fingerprint density at radius 1 is 1.28 bits per heavy atom. The summed E-state index contributed by atoms with van der Waals surface area (Å²) in [5.41, 5.74) is 0.436. The molecule has 0 fully saturated rings. The lowest BCUT2D eigenvalue weighted by molar-refractivity contribution is 0.0991. The zero-order chi connectivity index (χ0) is 13.8. The summed E-state index contributed by atoms with van der Waals surface area (Å²) < 4.78 is 24.7. The molecule has 0 spiro atoms. The molecule has 0 saturated heterocycles. The molecule has 3 nitrogen and oxygen atoms in total. The summed E-state index contributed by atoms with van der Waals surface area (Å²) in [5, 5.41) is -0.967. The van der Waals surface area contributed by atoms with Crippen molar-refractivity contribution < 1.29 is 13.2 Å². The average Bonchev–Trinajstić information content (AvgIpc) is 2.35. The SMILES string of the molecule is CCCCS(=O)(=O)C(C)C(=O)c1ccc(Br)cc1. The lowest BCUT2D eigenvalue weighted by Crippen LogP contribution is -2.29. The van der Waals surface area contributed by atoms with Crippen LogP contribution in [0.2, 0.25) is 0 Å². The van der Waals surface area contributed by atoms with Gasteiger partial charge in [-0.2, -0.15) is 0 Å². The normalized spacial score (nSPS) is 13.3. The van der Waals surface area contributed by atoms with Gasteiger partial charge in [0.1, 0.15) is 5.25 Å². The van der Waals surface area contributed by atoms with Gasteiger partial charge in [-0.15, -0.1) is 0 Å². The second-order valence-corrected chi connectivity index (χ2v) is 7.59. The maximum atomic E-state index is 12.1. The van der Waals surface area contributed by atoms with Gasteiger partial charge in [0.2, 0.25) is 0 Å². The highest BCUT2D eigenvalue weighted by Gasteiger charge is 2.27. The number of rotatable bonds is 6. The maximum Gasteiger partial charge on any atom is 0.180 e. The van der Waals surface area contributed by atoms with Crippen LogP contribution in [0.25, 0.3) is 0 Å². The van der Waals surface area contributed by atoms with E-state index in [-0.39, 0.29) is 11.5 Å². The molecule has 0 saturated carbocycles. The quantitative estimate of drug-likeness (QED) is 0.751. The highest BCUT2D eigenvalue weighted by atomic mass is 79.9. The standard InChI is InChI=1S/C13H17BrO3S/c1-3-4-9-18(16,17)10(2)13(15)11-5-7-12(14)8-6-11/h5-8,10H,3-4,9H2,1-2H3. The van der Waals surface area contributed by atoms with E-state index in [2.05, 4.69) is 15.9 Å². The molecule has 0 aliphatic carbocycles. The summed E-state index contributed by atoms with van der Waals surface area (Å²) >= 11 is 3.28. The van der Waals surface area contributed by atoms with Crippen molar-refractivity contribution in [3.05, 3.63) is 34.3 Å². The smallest absolute Gasteiger partial charge is 0.180 e. The number of hydrogen-bond donors (Lipinski definition) is 0. The summed E-state index contributed by atoms with van der Waals surface area (Å²) in [6.07, 6.45) is 1.40. The Labute approximate surface area is 117 Å². The van der Waals surface area contributed by atoms with E-state index < -0.39 is 15.1 Å². The molecular formula is C13H17BrO3S. The van der Waals surface area contributed by atoms with Gasteiger partial charge in [0, 0.05) is 10.0 Å². The number of carbonyl (C=O) groups excluding carboxylic acids is 1. The van der Waals surface area contributed by atoms with Crippen LogP contribution in [0.3, 0.4) is 0 Å². The van der Waals surface area contributed by atoms with Crippen molar-refractivity contribution >= 4 is 31.6 Å². The van der Waals surface area contributed by atoms with Crippen LogP contribution < -0.4 is 0 Å². The fourth-order valence-corrected chi connectivity index (χ4v) is 3.31. The molecule has 100 valence electrons. The average molecular weight is 333 g/mol. The Kier molecular flexibility index (Phi) is 5.53. The van der Waals surface area contributed by atoms with Crippen LogP contribution in [0, 0.1) is 0 Å². The summed E-state index contributed by atoms with van der Waals surface area (Å²) in [6.45, 7) is 3.39. The van der Waals surface area contributed by atoms with Crippen molar-refractivity contribution in [3.63, 3.8) is 0 Å². The van der Waals surface area contributed by atoms with Crippen LogP contribution in [0.1, 0.15) is 37.0 Å². The molecule has 1 atom stereocenters. The number of sulfone groups is 1. The fraction of sp³-hybridized carbons (Fsp3) is 0.462. The third kappa shape index (κ3) is 3.92. The highest BCUT2D eigenvalue weighted by molar-refractivity contribution is 9.10. The predicted molar refractivity (Wildman–Crippen MR) is 76.6 cm³/mol. The van der Waals surface area contributed by atoms with Gasteiger partial charge in [0.15, 0.2) is 15.6 Å². The van der Waals surface area contributed by atoms with E-state index in [1.54, 1.807) is 24.3 Å². The van der Waals surface area contributed by atoms with Crippen molar-refractivity contribution in [2.45, 2.75) is 31.9 Å². The Morgan fingerprint density at radius 2 is 1.83 bits per heavy atom. The lowest BCUT2D eigenvalue weighted by atomic mass is 10.1. The van der Waals surface area contributed by atoms with Gasteiger partial charge in [0.05, 0.1) is 5.75 Å². The third-order valence-corrected chi connectivity index (χ3v) is 5.50. The monoisotopic (exact) mass is 332 g/mol. The molecule has 0 aliphatic rings. The number of benzene rings is 1. The van der Waals surface area contributed by atoms with Crippen molar-refractivity contribution in [2.24, 2.45) is 0 Å². The van der Waals surface area contributed by atoms with Crippen molar-refractivity contribution in [2.75, 3.05) is 5.75 Å². The molecule has 0 amide bonds. The molecule has 5 heteroatoms. The number of carbonyl (C=O) groups is 1. The summed E-state index contributed by atoms with van der Waals surface area (Å²) in [5.74, 6) is -0.258. The third-order valence-electron chi connectivity index (χ3n) is 2.82. The molecule has 1 unspecified atom stereocenters. The minimum atomic E-state index is -3.34. The van der Waals surface area contributed by atoms with Crippen LogP contribution in [-0.4, -0.2) is 25.2 Å². The first-order chi connectivity index (χ1) is 8.38. The second-order valence-electron chi connectivity index (χ2n) is 4.23. The van der Waals surface area contributed by atoms with Crippen molar-refractivity contribution in [1.29, 1.82) is 0 Å². The van der Waals surface area contributed by atoms with Gasteiger partial charge in [-0.1, -0.05) is 41.4 Å². The topological polar surface area (TPSA) is 51.2 Å². The summed E-state index contributed by atoms with van der Waals surface area (Å²) in [6, 6.07) is 6.74. The largest absolute Gasteiger partial charge is 0.293 e. The Balaban J connectivity index is 2.87. The molecule has 1 aromatic rings. The van der Waals surface area contributed by atoms with E-state index in [1.165, 1.54) is 6.92 Å². The highest BCUT2D eigenvalue weighted by Crippen LogP contribution is 2.15. The van der Waals surface area contributed by atoms with Crippen LogP contribution in [0.5, 0.6) is 0 Å². The van der Waals surface area contributed by atoms with Gasteiger partial charge in [-0.25, -0.2) is 8.42 Å². The van der Waals surface area contributed by atoms with E-state index in [1.807, 2.05) is 6.92 Å². The Hall–Kier alpha value is -0.680. The van der Waals surface area contributed by atoms with E-state index >= 15 is 0 Å². The number of ketones is 1. The molecule has 1 rings (SSSR count). The maximum absolute atomic E-state index is 12.1. The molecule has 18 heavy (non-hydrogen) atoms. The number of halogens is 1. The van der Waals surface area contributed by atoms with E-state index in [9.17, 15) is 13.2 Å². The molecular weight excluding hydrogens is 316 g/mol. The van der Waals surface area contributed by atoms with Gasteiger partial charge in [-0.05, 0) is 25.5 Å². The minimum absolute atomic E-state index is 0.0763.